The summed E-state index contributed by atoms with van der Waals surface area (Å²) in [5.41, 5.74) is 0.659. The van der Waals surface area contributed by atoms with Crippen LogP contribution in [0.3, 0.4) is 0 Å². The van der Waals surface area contributed by atoms with Crippen LogP contribution in [0.5, 0.6) is 5.75 Å². The number of anilines is 1. The summed E-state index contributed by atoms with van der Waals surface area (Å²) in [4.78, 5) is 11.4. The van der Waals surface area contributed by atoms with Crippen LogP contribution in [0.25, 0.3) is 0 Å². The van der Waals surface area contributed by atoms with Gasteiger partial charge >= 0.3 is 6.03 Å². The molecule has 0 spiro atoms. The van der Waals surface area contributed by atoms with Crippen LogP contribution in [0.4, 0.5) is 10.5 Å². The van der Waals surface area contributed by atoms with E-state index < -0.39 is 0 Å². The number of rotatable bonds is 5. The SMILES string of the molecule is CNCCNC(=O)Nc1ccccc1OC. The minimum Gasteiger partial charge on any atom is -0.495 e. The van der Waals surface area contributed by atoms with E-state index in [0.29, 0.717) is 18.0 Å². The molecule has 0 fully saturated rings. The third-order valence-corrected chi connectivity index (χ3v) is 2.02. The van der Waals surface area contributed by atoms with E-state index in [2.05, 4.69) is 16.0 Å². The van der Waals surface area contributed by atoms with Gasteiger partial charge in [0.2, 0.25) is 0 Å². The topological polar surface area (TPSA) is 62.4 Å². The Hall–Kier alpha value is -1.75. The van der Waals surface area contributed by atoms with Crippen LogP contribution in [0.2, 0.25) is 0 Å². The van der Waals surface area contributed by atoms with Crippen molar-refractivity contribution in [1.82, 2.24) is 10.6 Å². The number of urea groups is 1. The van der Waals surface area contributed by atoms with E-state index in [4.69, 9.17) is 4.74 Å². The van der Waals surface area contributed by atoms with Crippen LogP contribution < -0.4 is 20.7 Å². The number of hydrogen-bond donors (Lipinski definition) is 3. The molecule has 2 amide bonds. The summed E-state index contributed by atoms with van der Waals surface area (Å²) in [5, 5.41) is 8.38. The number of hydrogen-bond acceptors (Lipinski definition) is 3. The van der Waals surface area contributed by atoms with Gasteiger partial charge in [0.05, 0.1) is 12.8 Å². The van der Waals surface area contributed by atoms with Crippen molar-refractivity contribution in [2.24, 2.45) is 0 Å². The zero-order valence-electron chi connectivity index (χ0n) is 9.54. The number of para-hydroxylation sites is 2. The molecular weight excluding hydrogens is 206 g/mol. The summed E-state index contributed by atoms with van der Waals surface area (Å²) in [5.74, 6) is 0.645. The molecule has 0 aliphatic heterocycles. The third kappa shape index (κ3) is 3.78. The van der Waals surface area contributed by atoms with Crippen molar-refractivity contribution >= 4 is 11.7 Å². The van der Waals surface area contributed by atoms with Gasteiger partial charge in [-0.1, -0.05) is 12.1 Å². The van der Waals surface area contributed by atoms with Gasteiger partial charge in [0.15, 0.2) is 0 Å². The highest BCUT2D eigenvalue weighted by molar-refractivity contribution is 5.90. The molecule has 5 nitrogen and oxygen atoms in total. The average molecular weight is 223 g/mol. The Morgan fingerprint density at radius 2 is 2.06 bits per heavy atom. The molecule has 1 aromatic rings. The van der Waals surface area contributed by atoms with Gasteiger partial charge in [0.1, 0.15) is 5.75 Å². The molecule has 3 N–H and O–H groups in total. The van der Waals surface area contributed by atoms with Gasteiger partial charge in [-0.3, -0.25) is 0 Å². The fourth-order valence-electron chi connectivity index (χ4n) is 1.22. The van der Waals surface area contributed by atoms with E-state index in [-0.39, 0.29) is 6.03 Å². The Bertz CT molecular complexity index is 342. The summed E-state index contributed by atoms with van der Waals surface area (Å²) in [7, 11) is 3.40. The van der Waals surface area contributed by atoms with Crippen LogP contribution in [0, 0.1) is 0 Å². The van der Waals surface area contributed by atoms with E-state index in [0.717, 1.165) is 6.54 Å². The second-order valence-corrected chi connectivity index (χ2v) is 3.18. The van der Waals surface area contributed by atoms with Gasteiger partial charge in [-0.05, 0) is 19.2 Å². The van der Waals surface area contributed by atoms with Crippen LogP contribution in [-0.2, 0) is 0 Å². The smallest absolute Gasteiger partial charge is 0.319 e. The minimum absolute atomic E-state index is 0.236. The summed E-state index contributed by atoms with van der Waals surface area (Å²) >= 11 is 0. The highest BCUT2D eigenvalue weighted by Crippen LogP contribution is 2.22. The standard InChI is InChI=1S/C11H17N3O2/c1-12-7-8-13-11(15)14-9-5-3-4-6-10(9)16-2/h3-6,12H,7-8H2,1-2H3,(H2,13,14,15). The second-order valence-electron chi connectivity index (χ2n) is 3.18. The number of likely N-dealkylation sites (N-methyl/N-ethyl adjacent to an activating group) is 1. The predicted molar refractivity (Wildman–Crippen MR) is 63.9 cm³/mol. The Morgan fingerprint density at radius 1 is 1.31 bits per heavy atom. The lowest BCUT2D eigenvalue weighted by atomic mass is 10.3. The first-order valence-electron chi connectivity index (χ1n) is 5.10. The van der Waals surface area contributed by atoms with Crippen LogP contribution in [0.15, 0.2) is 24.3 Å². The number of nitrogens with one attached hydrogen (secondary N) is 3. The number of carbonyl (C=O) groups is 1. The van der Waals surface area contributed by atoms with Gasteiger partial charge in [0.25, 0.3) is 0 Å². The number of amides is 2. The van der Waals surface area contributed by atoms with Crippen molar-refractivity contribution in [1.29, 1.82) is 0 Å². The Balaban J connectivity index is 2.49. The van der Waals surface area contributed by atoms with Crippen molar-refractivity contribution in [3.05, 3.63) is 24.3 Å². The van der Waals surface area contributed by atoms with Gasteiger partial charge in [-0.2, -0.15) is 0 Å². The molecule has 0 bridgehead atoms. The monoisotopic (exact) mass is 223 g/mol. The van der Waals surface area contributed by atoms with Gasteiger partial charge in [-0.15, -0.1) is 0 Å². The third-order valence-electron chi connectivity index (χ3n) is 2.02. The highest BCUT2D eigenvalue weighted by Gasteiger charge is 2.04. The molecule has 16 heavy (non-hydrogen) atoms. The molecule has 0 unspecified atom stereocenters. The van der Waals surface area contributed by atoms with Crippen LogP contribution >= 0.6 is 0 Å². The van der Waals surface area contributed by atoms with E-state index in [1.54, 1.807) is 19.2 Å². The molecule has 5 heteroatoms. The highest BCUT2D eigenvalue weighted by atomic mass is 16.5. The van der Waals surface area contributed by atoms with Crippen molar-refractivity contribution in [2.45, 2.75) is 0 Å². The normalized spacial score (nSPS) is 9.62. The average Bonchev–Trinajstić information content (AvgIpc) is 2.30. The zero-order chi connectivity index (χ0) is 11.8. The lowest BCUT2D eigenvalue weighted by Crippen LogP contribution is -2.33. The van der Waals surface area contributed by atoms with E-state index >= 15 is 0 Å². The van der Waals surface area contributed by atoms with Gasteiger partial charge < -0.3 is 20.7 Å². The largest absolute Gasteiger partial charge is 0.495 e. The van der Waals surface area contributed by atoms with Gasteiger partial charge in [-0.25, -0.2) is 4.79 Å². The van der Waals surface area contributed by atoms with Crippen molar-refractivity contribution in [3.8, 4) is 5.75 Å². The summed E-state index contributed by atoms with van der Waals surface area (Å²) in [6, 6.07) is 7.04. The molecular formula is C11H17N3O2. The molecule has 88 valence electrons. The molecule has 0 aliphatic rings. The van der Waals surface area contributed by atoms with E-state index in [9.17, 15) is 4.79 Å². The molecule has 1 rings (SSSR count). The summed E-state index contributed by atoms with van der Waals surface area (Å²) in [6.07, 6.45) is 0. The quantitative estimate of drug-likeness (QED) is 0.653. The fourth-order valence-corrected chi connectivity index (χ4v) is 1.22. The first-order valence-corrected chi connectivity index (χ1v) is 5.10. The molecule has 0 saturated heterocycles. The molecule has 0 aliphatic carbocycles. The van der Waals surface area contributed by atoms with Crippen molar-refractivity contribution in [2.75, 3.05) is 32.6 Å². The lowest BCUT2D eigenvalue weighted by Gasteiger charge is -2.10. The lowest BCUT2D eigenvalue weighted by molar-refractivity contribution is 0.252. The molecule has 0 radical (unpaired) electrons. The first-order chi connectivity index (χ1) is 7.77. The number of ether oxygens (including phenoxy) is 1. The first kappa shape index (κ1) is 12.3. The molecule has 0 heterocycles. The summed E-state index contributed by atoms with van der Waals surface area (Å²) in [6.45, 7) is 1.32. The van der Waals surface area contributed by atoms with Crippen LogP contribution in [-0.4, -0.2) is 33.3 Å². The van der Waals surface area contributed by atoms with Crippen molar-refractivity contribution < 1.29 is 9.53 Å². The molecule has 0 saturated carbocycles. The van der Waals surface area contributed by atoms with E-state index in [1.807, 2.05) is 19.2 Å². The molecule has 1 aromatic carbocycles. The maximum atomic E-state index is 11.4. The number of carbonyl (C=O) groups excluding carboxylic acids is 1. The summed E-state index contributed by atoms with van der Waals surface area (Å²) < 4.78 is 5.12. The minimum atomic E-state index is -0.236. The number of benzene rings is 1. The Morgan fingerprint density at radius 3 is 2.75 bits per heavy atom. The Kier molecular flexibility index (Phi) is 5.15. The molecule has 0 aromatic heterocycles. The Labute approximate surface area is 95.2 Å². The number of methoxy groups -OCH3 is 1. The van der Waals surface area contributed by atoms with Gasteiger partial charge in [0, 0.05) is 13.1 Å². The molecule has 0 atom stereocenters. The van der Waals surface area contributed by atoms with Crippen molar-refractivity contribution in [3.63, 3.8) is 0 Å². The fraction of sp³-hybridized carbons (Fsp3) is 0.364. The van der Waals surface area contributed by atoms with E-state index in [1.165, 1.54) is 0 Å². The zero-order valence-corrected chi connectivity index (χ0v) is 9.54. The second kappa shape index (κ2) is 6.68. The van der Waals surface area contributed by atoms with Crippen LogP contribution in [0.1, 0.15) is 0 Å². The predicted octanol–water partition coefficient (Wildman–Crippen LogP) is 1.04. The maximum Gasteiger partial charge on any atom is 0.319 e. The maximum absolute atomic E-state index is 11.4.